The molecule has 0 aliphatic heterocycles. The van der Waals surface area contributed by atoms with Gasteiger partial charge in [-0.05, 0) is 55.7 Å². The van der Waals surface area contributed by atoms with Crippen LogP contribution in [0.4, 0.5) is 0 Å². The van der Waals surface area contributed by atoms with Gasteiger partial charge in [-0.25, -0.2) is 0 Å². The maximum atomic E-state index is 12.0. The first kappa shape index (κ1) is 23.5. The average molecular weight is 352 g/mol. The maximum absolute atomic E-state index is 12.0. The van der Waals surface area contributed by atoms with Gasteiger partial charge in [-0.15, -0.1) is 0 Å². The minimum atomic E-state index is -0.160. The topological polar surface area (TPSA) is 98.0 Å². The fraction of sp³-hybridized carbons (Fsp3) is 0.550. The molecule has 5 heteroatoms. The SMILES string of the molecule is C=C(CC/C=C(\CO)CC/C=C(\C)CO)C(=O)CC/C(=C\CO)CO. The Balaban J connectivity index is 4.28. The Morgan fingerprint density at radius 3 is 1.96 bits per heavy atom. The zero-order valence-electron chi connectivity index (χ0n) is 15.2. The van der Waals surface area contributed by atoms with Crippen LogP contribution >= 0.6 is 0 Å². The van der Waals surface area contributed by atoms with Crippen LogP contribution in [0, 0.1) is 0 Å². The quantitative estimate of drug-likeness (QED) is 0.284. The van der Waals surface area contributed by atoms with Crippen molar-refractivity contribution < 1.29 is 25.2 Å². The van der Waals surface area contributed by atoms with E-state index >= 15 is 0 Å². The Morgan fingerprint density at radius 2 is 1.40 bits per heavy atom. The summed E-state index contributed by atoms with van der Waals surface area (Å²) in [6.07, 6.45) is 8.75. The molecule has 0 bridgehead atoms. The van der Waals surface area contributed by atoms with E-state index in [4.69, 9.17) is 15.3 Å². The van der Waals surface area contributed by atoms with E-state index in [2.05, 4.69) is 6.58 Å². The molecule has 0 spiro atoms. The van der Waals surface area contributed by atoms with Crippen LogP contribution < -0.4 is 0 Å². The summed E-state index contributed by atoms with van der Waals surface area (Å²) in [6, 6.07) is 0. The lowest BCUT2D eigenvalue weighted by Crippen LogP contribution is -2.04. The summed E-state index contributed by atoms with van der Waals surface area (Å²) >= 11 is 0. The number of hydrogen-bond acceptors (Lipinski definition) is 5. The molecule has 0 saturated heterocycles. The van der Waals surface area contributed by atoms with Crippen molar-refractivity contribution in [3.05, 3.63) is 47.1 Å². The minimum absolute atomic E-state index is 0.0156. The lowest BCUT2D eigenvalue weighted by atomic mass is 9.99. The molecule has 0 aliphatic rings. The fourth-order valence-corrected chi connectivity index (χ4v) is 2.23. The van der Waals surface area contributed by atoms with Crippen molar-refractivity contribution in [3.63, 3.8) is 0 Å². The van der Waals surface area contributed by atoms with Crippen LogP contribution in [0.5, 0.6) is 0 Å². The first-order chi connectivity index (χ1) is 12.0. The van der Waals surface area contributed by atoms with Crippen molar-refractivity contribution in [1.82, 2.24) is 0 Å². The molecule has 4 N–H and O–H groups in total. The zero-order valence-corrected chi connectivity index (χ0v) is 15.2. The van der Waals surface area contributed by atoms with E-state index in [1.807, 2.05) is 19.1 Å². The first-order valence-electron chi connectivity index (χ1n) is 8.64. The van der Waals surface area contributed by atoms with Gasteiger partial charge < -0.3 is 20.4 Å². The number of ketones is 1. The number of hydrogen-bond donors (Lipinski definition) is 4. The van der Waals surface area contributed by atoms with E-state index in [9.17, 15) is 9.90 Å². The Labute approximate surface area is 150 Å². The summed E-state index contributed by atoms with van der Waals surface area (Å²) in [7, 11) is 0. The van der Waals surface area contributed by atoms with E-state index in [0.717, 1.165) is 24.0 Å². The second-order valence-electron chi connectivity index (χ2n) is 6.04. The van der Waals surface area contributed by atoms with E-state index in [1.54, 1.807) is 0 Å². The summed E-state index contributed by atoms with van der Waals surface area (Å²) in [5, 5.41) is 36.2. The molecule has 0 aromatic rings. The van der Waals surface area contributed by atoms with Gasteiger partial charge in [-0.2, -0.15) is 0 Å². The molecule has 0 saturated carbocycles. The van der Waals surface area contributed by atoms with Crippen LogP contribution in [0.15, 0.2) is 47.1 Å². The Morgan fingerprint density at radius 1 is 0.800 bits per heavy atom. The highest BCUT2D eigenvalue weighted by atomic mass is 16.3. The molecule has 0 atom stereocenters. The molecule has 0 fully saturated rings. The van der Waals surface area contributed by atoms with E-state index in [1.165, 1.54) is 6.08 Å². The fourth-order valence-electron chi connectivity index (χ4n) is 2.23. The van der Waals surface area contributed by atoms with E-state index < -0.39 is 0 Å². The number of carbonyl (C=O) groups excluding carboxylic acids is 1. The van der Waals surface area contributed by atoms with Crippen molar-refractivity contribution in [2.45, 2.75) is 45.4 Å². The van der Waals surface area contributed by atoms with Crippen LogP contribution in [0.2, 0.25) is 0 Å². The van der Waals surface area contributed by atoms with Crippen LogP contribution in [0.3, 0.4) is 0 Å². The third kappa shape index (κ3) is 11.6. The molecule has 25 heavy (non-hydrogen) atoms. The Bertz CT molecular complexity index is 500. The lowest BCUT2D eigenvalue weighted by molar-refractivity contribution is -0.115. The molecule has 0 radical (unpaired) electrons. The molecule has 0 amide bonds. The summed E-state index contributed by atoms with van der Waals surface area (Å²) < 4.78 is 0. The molecule has 0 aromatic heterocycles. The van der Waals surface area contributed by atoms with Crippen LogP contribution in [-0.2, 0) is 4.79 Å². The predicted molar refractivity (Wildman–Crippen MR) is 100 cm³/mol. The highest BCUT2D eigenvalue weighted by molar-refractivity contribution is 5.94. The van der Waals surface area contributed by atoms with Gasteiger partial charge >= 0.3 is 0 Å². The Hall–Kier alpha value is -1.53. The molecule has 0 heterocycles. The van der Waals surface area contributed by atoms with Gasteiger partial charge in [0.1, 0.15) is 0 Å². The highest BCUT2D eigenvalue weighted by Crippen LogP contribution is 2.14. The van der Waals surface area contributed by atoms with Gasteiger partial charge in [-0.1, -0.05) is 30.4 Å². The summed E-state index contributed by atoms with van der Waals surface area (Å²) in [5.41, 5.74) is 3.01. The van der Waals surface area contributed by atoms with Gasteiger partial charge in [0, 0.05) is 6.42 Å². The van der Waals surface area contributed by atoms with Gasteiger partial charge in [-0.3, -0.25) is 4.79 Å². The van der Waals surface area contributed by atoms with Crippen molar-refractivity contribution in [3.8, 4) is 0 Å². The molecule has 0 rings (SSSR count). The first-order valence-corrected chi connectivity index (χ1v) is 8.64. The van der Waals surface area contributed by atoms with Crippen molar-refractivity contribution in [2.75, 3.05) is 26.4 Å². The van der Waals surface area contributed by atoms with Crippen molar-refractivity contribution in [1.29, 1.82) is 0 Å². The summed E-state index contributed by atoms with van der Waals surface area (Å²) in [4.78, 5) is 12.0. The van der Waals surface area contributed by atoms with Gasteiger partial charge in [0.05, 0.1) is 26.4 Å². The lowest BCUT2D eigenvalue weighted by Gasteiger charge is -2.07. The number of Topliss-reactive ketones (excluding diaryl/α,β-unsaturated/α-hetero) is 1. The number of carbonyl (C=O) groups is 1. The van der Waals surface area contributed by atoms with Crippen LogP contribution in [0.1, 0.15) is 45.4 Å². The van der Waals surface area contributed by atoms with Crippen LogP contribution in [-0.4, -0.2) is 52.6 Å². The predicted octanol–water partition coefficient (Wildman–Crippen LogP) is 2.22. The van der Waals surface area contributed by atoms with Gasteiger partial charge in [0.25, 0.3) is 0 Å². The molecule has 142 valence electrons. The molecular weight excluding hydrogens is 320 g/mol. The molecule has 0 aliphatic carbocycles. The maximum Gasteiger partial charge on any atom is 0.158 e. The monoisotopic (exact) mass is 352 g/mol. The molecule has 5 nitrogen and oxygen atoms in total. The molecule has 0 aromatic carbocycles. The van der Waals surface area contributed by atoms with Crippen LogP contribution in [0.25, 0.3) is 0 Å². The third-order valence-corrected chi connectivity index (χ3v) is 3.94. The zero-order chi connectivity index (χ0) is 19.1. The Kier molecular flexibility index (Phi) is 13.9. The standard InChI is InChI=1S/C20H32O5/c1-16(13-22)5-3-7-18(14-23)8-4-6-17(2)20(25)10-9-19(15-24)11-12-21/h5,8,11,21-24H,2-4,6-7,9-10,12-15H2,1H3/b16-5+,18-8-,19-11+. The number of rotatable bonds is 14. The largest absolute Gasteiger partial charge is 0.392 e. The molecule has 0 unspecified atom stereocenters. The highest BCUT2D eigenvalue weighted by Gasteiger charge is 2.08. The van der Waals surface area contributed by atoms with Gasteiger partial charge in [0.15, 0.2) is 5.78 Å². The van der Waals surface area contributed by atoms with Crippen molar-refractivity contribution in [2.24, 2.45) is 0 Å². The van der Waals surface area contributed by atoms with E-state index in [0.29, 0.717) is 30.4 Å². The smallest absolute Gasteiger partial charge is 0.158 e. The average Bonchev–Trinajstić information content (AvgIpc) is 2.62. The number of aliphatic hydroxyl groups is 4. The summed E-state index contributed by atoms with van der Waals surface area (Å²) in [6.45, 7) is 5.40. The number of allylic oxidation sites excluding steroid dienone is 3. The normalized spacial score (nSPS) is 13.2. The third-order valence-electron chi connectivity index (χ3n) is 3.94. The van der Waals surface area contributed by atoms with E-state index in [-0.39, 0.29) is 38.6 Å². The van der Waals surface area contributed by atoms with Gasteiger partial charge in [0.2, 0.25) is 0 Å². The minimum Gasteiger partial charge on any atom is -0.392 e. The summed E-state index contributed by atoms with van der Waals surface area (Å²) in [5.74, 6) is -0.0438. The second-order valence-corrected chi connectivity index (χ2v) is 6.04. The molecular formula is C20H32O5. The number of aliphatic hydroxyl groups excluding tert-OH is 4. The van der Waals surface area contributed by atoms with Crippen molar-refractivity contribution >= 4 is 5.78 Å². The second kappa shape index (κ2) is 14.8.